The first-order chi connectivity index (χ1) is 19.5. The molecule has 0 saturated heterocycles. The Morgan fingerprint density at radius 1 is 0.762 bits per heavy atom. The van der Waals surface area contributed by atoms with Gasteiger partial charge in [0.2, 0.25) is 0 Å². The number of rotatable bonds is 5. The maximum Gasteiger partial charge on any atom is 2.00 e. The topological polar surface area (TPSA) is 44.9 Å². The van der Waals surface area contributed by atoms with Gasteiger partial charge in [-0.15, -0.1) is 35.7 Å². The summed E-state index contributed by atoms with van der Waals surface area (Å²) in [6.45, 7) is 6.33. The van der Waals surface area contributed by atoms with Crippen LogP contribution in [-0.4, -0.2) is 19.3 Å². The minimum absolute atomic E-state index is 0. The van der Waals surface area contributed by atoms with Crippen LogP contribution in [0.15, 0.2) is 104 Å². The van der Waals surface area contributed by atoms with Crippen LogP contribution in [0.1, 0.15) is 24.1 Å². The number of fused-ring (bicyclic) bond motifs is 3. The Labute approximate surface area is 260 Å². The van der Waals surface area contributed by atoms with Gasteiger partial charge in [0.1, 0.15) is 5.82 Å². The van der Waals surface area contributed by atoms with E-state index in [2.05, 4.69) is 96.1 Å². The van der Waals surface area contributed by atoms with Crippen molar-refractivity contribution in [3.63, 3.8) is 0 Å². The summed E-state index contributed by atoms with van der Waals surface area (Å²) in [6, 6.07) is 35.5. The Morgan fingerprint density at radius 3 is 2.33 bits per heavy atom. The molecule has 0 saturated carbocycles. The Kier molecular flexibility index (Phi) is 8.15. The summed E-state index contributed by atoms with van der Waals surface area (Å²) in [7, 11) is 0. The van der Waals surface area contributed by atoms with E-state index in [1.54, 1.807) is 0 Å². The predicted octanol–water partition coefficient (Wildman–Crippen LogP) is 8.98. The third kappa shape index (κ3) is 5.17. The van der Waals surface area contributed by atoms with Gasteiger partial charge in [0.25, 0.3) is 0 Å². The number of aromatic nitrogens is 4. The second kappa shape index (κ2) is 11.8. The van der Waals surface area contributed by atoms with Gasteiger partial charge in [-0.1, -0.05) is 49.3 Å². The molecule has 0 radical (unpaired) electrons. The molecule has 3 heterocycles. The summed E-state index contributed by atoms with van der Waals surface area (Å²) in [6.07, 6.45) is 5.78. The van der Waals surface area contributed by atoms with Crippen molar-refractivity contribution >= 4 is 21.8 Å². The largest absolute Gasteiger partial charge is 2.00 e. The van der Waals surface area contributed by atoms with Gasteiger partial charge in [-0.05, 0) is 72.3 Å². The molecule has 0 aliphatic carbocycles. The van der Waals surface area contributed by atoms with Crippen molar-refractivity contribution in [1.29, 1.82) is 0 Å². The SMILES string of the molecule is C.Cc1ccnc(-n2c3[c-]c(Oc4[c-]c(-n5cc(-c6c(C)cccc6C)cn5)ccc4)ccc3c3ccccc32)c1.[Pt+2]. The van der Waals surface area contributed by atoms with Crippen LogP contribution >= 0.6 is 0 Å². The molecule has 0 aliphatic heterocycles. The third-order valence-corrected chi connectivity index (χ3v) is 7.26. The number of nitrogens with zero attached hydrogens (tertiary/aromatic N) is 4. The van der Waals surface area contributed by atoms with Crippen molar-refractivity contribution in [2.45, 2.75) is 28.2 Å². The summed E-state index contributed by atoms with van der Waals surface area (Å²) in [5, 5.41) is 6.87. The number of para-hydroxylation sites is 1. The first kappa shape index (κ1) is 29.0. The zero-order valence-electron chi connectivity index (χ0n) is 22.8. The standard InChI is InChI=1S/C35H26N4O.CH4.Pt/c1-23-16-17-36-34(18-23)39-32-13-5-4-12-30(32)31-15-14-29(20-33(31)39)40-28-11-7-10-27(19-28)38-22-26(21-37-38)35-24(2)8-6-9-25(35)3;;/h4-18,21-22H,1-3H3;1H4;/q-2;;+2. The van der Waals surface area contributed by atoms with Crippen molar-refractivity contribution in [2.75, 3.05) is 0 Å². The van der Waals surface area contributed by atoms with E-state index in [9.17, 15) is 0 Å². The molecule has 0 aliphatic rings. The fourth-order valence-electron chi connectivity index (χ4n) is 5.42. The Bertz CT molecular complexity index is 2020. The minimum Gasteiger partial charge on any atom is -0.509 e. The number of benzene rings is 4. The van der Waals surface area contributed by atoms with Crippen molar-refractivity contribution in [3.05, 3.63) is 132 Å². The van der Waals surface area contributed by atoms with Crippen LogP contribution in [0, 0.1) is 32.9 Å². The van der Waals surface area contributed by atoms with E-state index in [0.717, 1.165) is 44.4 Å². The average Bonchev–Trinajstić information content (AvgIpc) is 3.56. The molecule has 0 spiro atoms. The zero-order chi connectivity index (χ0) is 27.2. The molecular weight excluding hydrogens is 700 g/mol. The van der Waals surface area contributed by atoms with Gasteiger partial charge in [0, 0.05) is 35.0 Å². The summed E-state index contributed by atoms with van der Waals surface area (Å²) in [5.41, 5.74) is 8.68. The smallest absolute Gasteiger partial charge is 0.509 e. The quantitative estimate of drug-likeness (QED) is 0.166. The van der Waals surface area contributed by atoms with Gasteiger partial charge in [0.05, 0.1) is 6.20 Å². The molecule has 0 bridgehead atoms. The first-order valence-corrected chi connectivity index (χ1v) is 13.3. The molecule has 3 aromatic heterocycles. The van der Waals surface area contributed by atoms with Crippen LogP contribution in [0.5, 0.6) is 11.5 Å². The molecule has 0 amide bonds. The molecule has 42 heavy (non-hydrogen) atoms. The van der Waals surface area contributed by atoms with Crippen molar-refractivity contribution in [3.8, 4) is 34.1 Å². The fraction of sp³-hybridized carbons (Fsp3) is 0.111. The number of aryl methyl sites for hydroxylation is 3. The van der Waals surface area contributed by atoms with E-state index < -0.39 is 0 Å². The van der Waals surface area contributed by atoms with Gasteiger partial charge < -0.3 is 9.30 Å². The molecule has 7 aromatic rings. The molecule has 0 atom stereocenters. The molecule has 7 rings (SSSR count). The minimum atomic E-state index is 0. The van der Waals surface area contributed by atoms with Gasteiger partial charge >= 0.3 is 21.1 Å². The summed E-state index contributed by atoms with van der Waals surface area (Å²) in [4.78, 5) is 4.66. The molecule has 6 heteroatoms. The Balaban J connectivity index is 0.00000176. The van der Waals surface area contributed by atoms with Gasteiger partial charge in [-0.2, -0.15) is 17.2 Å². The second-order valence-corrected chi connectivity index (χ2v) is 10.1. The summed E-state index contributed by atoms with van der Waals surface area (Å²) < 4.78 is 10.3. The van der Waals surface area contributed by atoms with E-state index >= 15 is 0 Å². The molecule has 5 nitrogen and oxygen atoms in total. The monoisotopic (exact) mass is 729 g/mol. The van der Waals surface area contributed by atoms with Crippen LogP contribution in [0.2, 0.25) is 0 Å². The molecule has 4 aromatic carbocycles. The molecular formula is C36H30N4OPt. The van der Waals surface area contributed by atoms with Crippen LogP contribution in [-0.2, 0) is 21.1 Å². The Morgan fingerprint density at radius 2 is 1.52 bits per heavy atom. The number of ether oxygens (including phenoxy) is 1. The molecule has 0 fully saturated rings. The van der Waals surface area contributed by atoms with Crippen LogP contribution in [0.25, 0.3) is 44.4 Å². The van der Waals surface area contributed by atoms with Gasteiger partial charge in [-0.25, -0.2) is 4.98 Å². The van der Waals surface area contributed by atoms with E-state index in [1.165, 1.54) is 16.7 Å². The number of hydrogen-bond acceptors (Lipinski definition) is 3. The number of hydrogen-bond donors (Lipinski definition) is 0. The van der Waals surface area contributed by atoms with E-state index in [-0.39, 0.29) is 28.5 Å². The summed E-state index contributed by atoms with van der Waals surface area (Å²) in [5.74, 6) is 2.05. The van der Waals surface area contributed by atoms with E-state index in [0.29, 0.717) is 11.5 Å². The zero-order valence-corrected chi connectivity index (χ0v) is 25.1. The predicted molar refractivity (Wildman–Crippen MR) is 166 cm³/mol. The van der Waals surface area contributed by atoms with E-state index in [4.69, 9.17) is 4.74 Å². The second-order valence-electron chi connectivity index (χ2n) is 10.1. The average molecular weight is 730 g/mol. The number of pyridine rings is 1. The van der Waals surface area contributed by atoms with Gasteiger partial charge in [0.15, 0.2) is 0 Å². The maximum absolute atomic E-state index is 6.30. The normalized spacial score (nSPS) is 10.8. The molecule has 0 unspecified atom stereocenters. The maximum atomic E-state index is 6.30. The molecule has 0 N–H and O–H groups in total. The van der Waals surface area contributed by atoms with Crippen LogP contribution < -0.4 is 4.74 Å². The van der Waals surface area contributed by atoms with Crippen LogP contribution in [0.4, 0.5) is 0 Å². The van der Waals surface area contributed by atoms with Crippen molar-refractivity contribution in [2.24, 2.45) is 0 Å². The summed E-state index contributed by atoms with van der Waals surface area (Å²) >= 11 is 0. The molecule has 210 valence electrons. The van der Waals surface area contributed by atoms with Crippen molar-refractivity contribution < 1.29 is 25.8 Å². The van der Waals surface area contributed by atoms with Crippen molar-refractivity contribution in [1.82, 2.24) is 19.3 Å². The fourth-order valence-corrected chi connectivity index (χ4v) is 5.42. The van der Waals surface area contributed by atoms with Gasteiger partial charge in [-0.3, -0.25) is 4.68 Å². The van der Waals surface area contributed by atoms with Crippen LogP contribution in [0.3, 0.4) is 0 Å². The Hall–Kier alpha value is -4.47. The van der Waals surface area contributed by atoms with E-state index in [1.807, 2.05) is 59.7 Å². The first-order valence-electron chi connectivity index (χ1n) is 13.3. The third-order valence-electron chi connectivity index (χ3n) is 7.26.